The Morgan fingerprint density at radius 2 is 2.00 bits per heavy atom. The molecule has 0 bridgehead atoms. The van der Waals surface area contributed by atoms with Gasteiger partial charge in [0, 0.05) is 0 Å². The van der Waals surface area contributed by atoms with Crippen molar-refractivity contribution >= 4 is 27.5 Å². The molecule has 0 amide bonds. The van der Waals surface area contributed by atoms with Gasteiger partial charge in [-0.25, -0.2) is 4.79 Å². The number of methoxy groups -OCH3 is 2. The van der Waals surface area contributed by atoms with Crippen LogP contribution in [0.25, 0.3) is 5.57 Å². The van der Waals surface area contributed by atoms with E-state index in [4.69, 9.17) is 14.2 Å². The highest BCUT2D eigenvalue weighted by Gasteiger charge is 2.41. The smallest absolute Gasteiger partial charge is 0.424 e. The van der Waals surface area contributed by atoms with Crippen molar-refractivity contribution < 1.29 is 37.3 Å². The van der Waals surface area contributed by atoms with Crippen LogP contribution in [0.1, 0.15) is 36.5 Å². The van der Waals surface area contributed by atoms with E-state index in [0.29, 0.717) is 24.0 Å². The molecule has 0 fully saturated rings. The largest absolute Gasteiger partial charge is 0.503 e. The summed E-state index contributed by atoms with van der Waals surface area (Å²) in [5.41, 5.74) is -0.198. The molecule has 0 aliphatic rings. The average molecular weight is 521 g/mol. The summed E-state index contributed by atoms with van der Waals surface area (Å²) in [6.45, 7) is 1.42. The van der Waals surface area contributed by atoms with E-state index in [1.54, 1.807) is 24.3 Å². The molecule has 0 aliphatic carbocycles. The van der Waals surface area contributed by atoms with Crippen LogP contribution in [0.5, 0.6) is 5.88 Å². The maximum atomic E-state index is 13.7. The fraction of sp³-hybridized carbons (Fsp3) is 0.429. The number of aromatic nitrogens is 2. The molecule has 2 rings (SSSR count). The molecule has 1 unspecified atom stereocenters. The van der Waals surface area contributed by atoms with Gasteiger partial charge in [0.2, 0.25) is 5.88 Å². The molecule has 0 aliphatic heterocycles. The summed E-state index contributed by atoms with van der Waals surface area (Å²) in [6, 6.07) is 6.52. The summed E-state index contributed by atoms with van der Waals surface area (Å²) < 4.78 is 56.9. The van der Waals surface area contributed by atoms with Crippen molar-refractivity contribution in [2.75, 3.05) is 14.2 Å². The molecule has 0 saturated carbocycles. The van der Waals surface area contributed by atoms with Gasteiger partial charge in [0.05, 0.1) is 33.1 Å². The highest BCUT2D eigenvalue weighted by atomic mass is 79.9. The summed E-state index contributed by atoms with van der Waals surface area (Å²) in [4.78, 5) is 12.1. The predicted molar refractivity (Wildman–Crippen MR) is 114 cm³/mol. The van der Waals surface area contributed by atoms with Gasteiger partial charge in [0.15, 0.2) is 5.56 Å². The first-order valence-electron chi connectivity index (χ1n) is 9.67. The second-order valence-corrected chi connectivity index (χ2v) is 7.55. The van der Waals surface area contributed by atoms with Crippen molar-refractivity contribution in [3.63, 3.8) is 0 Å². The van der Waals surface area contributed by atoms with E-state index in [-0.39, 0.29) is 23.3 Å². The van der Waals surface area contributed by atoms with Gasteiger partial charge in [-0.1, -0.05) is 37.6 Å². The number of aliphatic hydroxyl groups is 1. The highest BCUT2D eigenvalue weighted by molar-refractivity contribution is 9.10. The first-order chi connectivity index (χ1) is 15.1. The molecule has 7 nitrogen and oxygen atoms in total. The van der Waals surface area contributed by atoms with Crippen molar-refractivity contribution in [2.24, 2.45) is 0 Å². The van der Waals surface area contributed by atoms with E-state index in [9.17, 15) is 23.1 Å². The maximum Gasteiger partial charge on any atom is 0.424 e. The molecule has 11 heteroatoms. The van der Waals surface area contributed by atoms with Gasteiger partial charge in [-0.2, -0.15) is 13.2 Å². The molecular formula is C21H24BrF3N2O5. The number of hydrogen-bond acceptors (Lipinski definition) is 6. The van der Waals surface area contributed by atoms with Crippen LogP contribution in [0.15, 0.2) is 35.1 Å². The quantitative estimate of drug-likeness (QED) is 0.281. The number of benzene rings is 1. The van der Waals surface area contributed by atoms with Crippen LogP contribution >= 0.6 is 15.9 Å². The van der Waals surface area contributed by atoms with Crippen molar-refractivity contribution in [2.45, 2.75) is 45.2 Å². The number of esters is 1. The fourth-order valence-electron chi connectivity index (χ4n) is 3.01. The van der Waals surface area contributed by atoms with Crippen molar-refractivity contribution in [3.05, 3.63) is 51.8 Å². The zero-order valence-electron chi connectivity index (χ0n) is 17.8. The van der Waals surface area contributed by atoms with E-state index in [1.165, 1.54) is 20.5 Å². The molecule has 176 valence electrons. The highest BCUT2D eigenvalue weighted by Crippen LogP contribution is 2.41. The predicted octanol–water partition coefficient (Wildman–Crippen LogP) is 4.56. The van der Waals surface area contributed by atoms with Gasteiger partial charge in [-0.3, -0.25) is 4.68 Å². The second-order valence-electron chi connectivity index (χ2n) is 6.80. The fourth-order valence-corrected chi connectivity index (χ4v) is 3.63. The topological polar surface area (TPSA) is 82.8 Å². The average Bonchev–Trinajstić information content (AvgIpc) is 3.05. The molecule has 1 aromatic carbocycles. The van der Waals surface area contributed by atoms with Gasteiger partial charge >= 0.3 is 12.1 Å². The lowest BCUT2D eigenvalue weighted by molar-refractivity contribution is -0.139. The lowest BCUT2D eigenvalue weighted by atomic mass is 10.0. The molecule has 0 radical (unpaired) electrons. The van der Waals surface area contributed by atoms with Crippen molar-refractivity contribution in [3.8, 4) is 5.88 Å². The number of aliphatic hydroxyl groups excluding tert-OH is 1. The van der Waals surface area contributed by atoms with Crippen molar-refractivity contribution in [1.82, 2.24) is 9.78 Å². The third kappa shape index (κ3) is 6.26. The summed E-state index contributed by atoms with van der Waals surface area (Å²) >= 11 is 2.93. The number of alkyl halides is 3. The monoisotopic (exact) mass is 520 g/mol. The Morgan fingerprint density at radius 1 is 1.31 bits per heavy atom. The molecular weight excluding hydrogens is 497 g/mol. The van der Waals surface area contributed by atoms with E-state index in [0.717, 1.165) is 4.68 Å². The Bertz CT molecular complexity index is 959. The Kier molecular flexibility index (Phi) is 9.14. The molecule has 32 heavy (non-hydrogen) atoms. The van der Waals surface area contributed by atoms with Crippen LogP contribution in [-0.4, -0.2) is 41.2 Å². The van der Waals surface area contributed by atoms with E-state index >= 15 is 0 Å². The molecule has 1 aromatic heterocycles. The normalized spacial score (nSPS) is 13.1. The SMILES string of the molecule is CCCC(O)Cn1nc(OCc2ccccc2/C(=C\OC)C(=O)OC)c(C(F)(F)F)c1Br. The van der Waals surface area contributed by atoms with Crippen molar-refractivity contribution in [1.29, 1.82) is 0 Å². The van der Waals surface area contributed by atoms with Crippen LogP contribution in [0.4, 0.5) is 13.2 Å². The number of ether oxygens (including phenoxy) is 3. The summed E-state index contributed by atoms with van der Waals surface area (Å²) in [7, 11) is 2.56. The number of rotatable bonds is 10. The lowest BCUT2D eigenvalue weighted by Gasteiger charge is -2.13. The van der Waals surface area contributed by atoms with E-state index < -0.39 is 29.7 Å². The molecule has 1 N–H and O–H groups in total. The maximum absolute atomic E-state index is 13.7. The summed E-state index contributed by atoms with van der Waals surface area (Å²) in [5.74, 6) is -1.31. The molecule has 1 heterocycles. The molecule has 0 saturated heterocycles. The number of carbonyl (C=O) groups is 1. The third-order valence-electron chi connectivity index (χ3n) is 4.46. The zero-order valence-corrected chi connectivity index (χ0v) is 19.4. The number of halogens is 4. The Labute approximate surface area is 191 Å². The van der Waals surface area contributed by atoms with E-state index in [1.807, 2.05) is 6.92 Å². The van der Waals surface area contributed by atoms with Gasteiger partial charge in [0.1, 0.15) is 16.8 Å². The van der Waals surface area contributed by atoms with Gasteiger partial charge < -0.3 is 19.3 Å². The van der Waals surface area contributed by atoms with Gasteiger partial charge in [-0.05, 0) is 33.5 Å². The van der Waals surface area contributed by atoms with E-state index in [2.05, 4.69) is 21.0 Å². The molecule has 0 spiro atoms. The van der Waals surface area contributed by atoms with Gasteiger partial charge in [-0.15, -0.1) is 5.10 Å². The molecule has 1 atom stereocenters. The number of hydrogen-bond donors (Lipinski definition) is 1. The van der Waals surface area contributed by atoms with Crippen LogP contribution in [0, 0.1) is 0 Å². The summed E-state index contributed by atoms with van der Waals surface area (Å²) in [6.07, 6.45) is -3.32. The second kappa shape index (κ2) is 11.4. The first-order valence-corrected chi connectivity index (χ1v) is 10.5. The minimum Gasteiger partial charge on any atom is -0.503 e. The minimum absolute atomic E-state index is 0.0830. The number of carbonyl (C=O) groups excluding carboxylic acids is 1. The molecule has 2 aromatic rings. The standard InChI is InChI=1S/C21H24BrF3N2O5/c1-4-7-14(28)10-27-18(22)17(21(23,24)25)19(26-27)32-11-13-8-5-6-9-15(13)16(12-30-2)20(29)31-3/h5-6,8-9,12,14,28H,4,7,10-11H2,1-3H3/b16-12+. The Hall–Kier alpha value is -2.53. The van der Waals surface area contributed by atoms with Gasteiger partial charge in [0.25, 0.3) is 0 Å². The van der Waals surface area contributed by atoms with Crippen LogP contribution in [0.2, 0.25) is 0 Å². The third-order valence-corrected chi connectivity index (χ3v) is 5.27. The Balaban J connectivity index is 2.39. The first kappa shape index (κ1) is 25.7. The lowest BCUT2D eigenvalue weighted by Crippen LogP contribution is -2.17. The summed E-state index contributed by atoms with van der Waals surface area (Å²) in [5, 5.41) is 13.9. The minimum atomic E-state index is -4.74. The zero-order chi connectivity index (χ0) is 23.9. The number of nitrogens with zero attached hydrogens (tertiary/aromatic N) is 2. The van der Waals surface area contributed by atoms with Crippen LogP contribution in [0.3, 0.4) is 0 Å². The Morgan fingerprint density at radius 3 is 2.59 bits per heavy atom. The van der Waals surface area contributed by atoms with Crippen LogP contribution < -0.4 is 4.74 Å². The van der Waals surface area contributed by atoms with Crippen LogP contribution in [-0.2, 0) is 33.6 Å².